The van der Waals surface area contributed by atoms with Gasteiger partial charge in [0, 0.05) is 5.56 Å². The summed E-state index contributed by atoms with van der Waals surface area (Å²) in [6, 6.07) is 4.55. The first-order valence-electron chi connectivity index (χ1n) is 8.41. The fourth-order valence-corrected chi connectivity index (χ4v) is 2.88. The molecule has 0 aliphatic carbocycles. The molecule has 2 rings (SSSR count). The molecule has 1 N–H and O–H groups in total. The van der Waals surface area contributed by atoms with Crippen molar-refractivity contribution < 1.29 is 28.6 Å². The number of hydrogen-bond donors (Lipinski definition) is 1. The number of benzene rings is 1. The van der Waals surface area contributed by atoms with E-state index in [1.54, 1.807) is 18.2 Å². The number of esters is 1. The first kappa shape index (κ1) is 19.6. The molecule has 0 aromatic heterocycles. The van der Waals surface area contributed by atoms with E-state index in [1.807, 2.05) is 13.8 Å². The van der Waals surface area contributed by atoms with Crippen LogP contribution >= 0.6 is 0 Å². The smallest absolute Gasteiger partial charge is 0.326 e. The monoisotopic (exact) mass is 364 g/mol. The van der Waals surface area contributed by atoms with Gasteiger partial charge in [-0.3, -0.25) is 14.5 Å². The molecule has 0 radical (unpaired) electrons. The normalized spacial score (nSPS) is 15.6. The number of nitrogens with zero attached hydrogens (tertiary/aromatic N) is 1. The van der Waals surface area contributed by atoms with Crippen molar-refractivity contribution in [1.29, 1.82) is 0 Å². The van der Waals surface area contributed by atoms with Crippen LogP contribution in [0.4, 0.5) is 4.79 Å². The molecule has 1 aliphatic heterocycles. The Balaban J connectivity index is 2.02. The lowest BCUT2D eigenvalue weighted by molar-refractivity contribution is -0.149. The lowest BCUT2D eigenvalue weighted by atomic mass is 9.93. The molecule has 1 fully saturated rings. The summed E-state index contributed by atoms with van der Waals surface area (Å²) in [6.45, 7) is 3.14. The Hall–Kier alpha value is -2.77. The number of carbonyl (C=O) groups excluding carboxylic acids is 3. The van der Waals surface area contributed by atoms with E-state index in [2.05, 4.69) is 5.32 Å². The largest absolute Gasteiger partial charge is 0.497 e. The summed E-state index contributed by atoms with van der Waals surface area (Å²) >= 11 is 0. The fraction of sp³-hybridized carbons (Fsp3) is 0.500. The topological polar surface area (TPSA) is 94.2 Å². The second-order valence-electron chi connectivity index (χ2n) is 5.95. The van der Waals surface area contributed by atoms with E-state index in [0.717, 1.165) is 4.90 Å². The highest BCUT2D eigenvalue weighted by atomic mass is 16.5. The minimum absolute atomic E-state index is 0.0600. The fourth-order valence-electron chi connectivity index (χ4n) is 2.88. The number of carbonyl (C=O) groups is 3. The minimum Gasteiger partial charge on any atom is -0.497 e. The SMILES string of the molecule is CCC1(CC)NC(=O)N(CC(=O)OCc2cc(OC)ccc2OC)C1=O. The Labute approximate surface area is 152 Å². The van der Waals surface area contributed by atoms with Gasteiger partial charge in [0.25, 0.3) is 5.91 Å². The van der Waals surface area contributed by atoms with Crippen molar-refractivity contribution in [2.45, 2.75) is 38.8 Å². The number of ether oxygens (including phenoxy) is 3. The molecular weight excluding hydrogens is 340 g/mol. The van der Waals surface area contributed by atoms with E-state index in [9.17, 15) is 14.4 Å². The highest BCUT2D eigenvalue weighted by Crippen LogP contribution is 2.26. The number of imide groups is 1. The van der Waals surface area contributed by atoms with E-state index >= 15 is 0 Å². The molecule has 1 heterocycles. The molecule has 0 atom stereocenters. The number of hydrogen-bond acceptors (Lipinski definition) is 6. The van der Waals surface area contributed by atoms with Gasteiger partial charge in [-0.2, -0.15) is 0 Å². The van der Waals surface area contributed by atoms with E-state index in [1.165, 1.54) is 14.2 Å². The van der Waals surface area contributed by atoms with Crippen LogP contribution in [0.25, 0.3) is 0 Å². The molecule has 0 unspecified atom stereocenters. The molecule has 1 aromatic carbocycles. The van der Waals surface area contributed by atoms with Crippen molar-refractivity contribution in [2.75, 3.05) is 20.8 Å². The van der Waals surface area contributed by atoms with E-state index in [0.29, 0.717) is 29.9 Å². The maximum absolute atomic E-state index is 12.5. The first-order chi connectivity index (χ1) is 12.4. The predicted molar refractivity (Wildman–Crippen MR) is 92.9 cm³/mol. The Morgan fingerprint density at radius 1 is 1.15 bits per heavy atom. The molecule has 0 spiro atoms. The Morgan fingerprint density at radius 3 is 2.38 bits per heavy atom. The van der Waals surface area contributed by atoms with Crippen molar-refractivity contribution >= 4 is 17.9 Å². The van der Waals surface area contributed by atoms with E-state index in [4.69, 9.17) is 14.2 Å². The summed E-state index contributed by atoms with van der Waals surface area (Å²) in [6.07, 6.45) is 0.918. The second-order valence-corrected chi connectivity index (χ2v) is 5.95. The molecule has 8 nitrogen and oxygen atoms in total. The molecule has 1 aliphatic rings. The number of methoxy groups -OCH3 is 2. The lowest BCUT2D eigenvalue weighted by Gasteiger charge is -2.22. The van der Waals surface area contributed by atoms with Crippen molar-refractivity contribution in [3.05, 3.63) is 23.8 Å². The van der Waals surface area contributed by atoms with Gasteiger partial charge in [-0.1, -0.05) is 13.8 Å². The summed E-state index contributed by atoms with van der Waals surface area (Å²) in [4.78, 5) is 37.6. The van der Waals surface area contributed by atoms with Crippen molar-refractivity contribution in [1.82, 2.24) is 10.2 Å². The number of urea groups is 1. The molecule has 1 saturated heterocycles. The van der Waals surface area contributed by atoms with Gasteiger partial charge < -0.3 is 19.5 Å². The van der Waals surface area contributed by atoms with Gasteiger partial charge >= 0.3 is 12.0 Å². The summed E-state index contributed by atoms with van der Waals surface area (Å²) in [5.74, 6) is 0.0657. The van der Waals surface area contributed by atoms with Crippen molar-refractivity contribution in [3.63, 3.8) is 0 Å². The molecule has 26 heavy (non-hydrogen) atoms. The molecule has 0 bridgehead atoms. The standard InChI is InChI=1S/C18H24N2O6/c1-5-18(6-2)16(22)20(17(23)19-18)10-15(21)26-11-12-9-13(24-3)7-8-14(12)25-4/h7-9H,5-6,10-11H2,1-4H3,(H,19,23). The third-order valence-electron chi connectivity index (χ3n) is 4.62. The quantitative estimate of drug-likeness (QED) is 0.559. The van der Waals surface area contributed by atoms with Crippen LogP contribution in [0.2, 0.25) is 0 Å². The van der Waals surface area contributed by atoms with Crippen LogP contribution in [-0.2, 0) is 20.9 Å². The summed E-state index contributed by atoms with van der Waals surface area (Å²) in [7, 11) is 3.04. The average molecular weight is 364 g/mol. The lowest BCUT2D eigenvalue weighted by Crippen LogP contribution is -2.46. The Morgan fingerprint density at radius 2 is 1.85 bits per heavy atom. The van der Waals surface area contributed by atoms with E-state index in [-0.39, 0.29) is 6.61 Å². The van der Waals surface area contributed by atoms with Gasteiger partial charge in [-0.25, -0.2) is 4.79 Å². The van der Waals surface area contributed by atoms with Crippen LogP contribution in [0.5, 0.6) is 11.5 Å². The zero-order chi connectivity index (χ0) is 19.3. The third-order valence-corrected chi connectivity index (χ3v) is 4.62. The Bertz CT molecular complexity index is 699. The van der Waals surface area contributed by atoms with Gasteiger partial charge in [-0.05, 0) is 31.0 Å². The maximum atomic E-state index is 12.5. The van der Waals surface area contributed by atoms with Gasteiger partial charge in [0.15, 0.2) is 0 Å². The molecule has 3 amide bonds. The number of nitrogens with one attached hydrogen (secondary N) is 1. The summed E-state index contributed by atoms with van der Waals surface area (Å²) in [5, 5.41) is 2.67. The number of rotatable bonds is 8. The molecule has 142 valence electrons. The highest BCUT2D eigenvalue weighted by Gasteiger charge is 2.49. The summed E-state index contributed by atoms with van der Waals surface area (Å²) in [5.41, 5.74) is -0.318. The van der Waals surface area contributed by atoms with Crippen LogP contribution in [0.3, 0.4) is 0 Å². The zero-order valence-electron chi connectivity index (χ0n) is 15.5. The van der Waals surface area contributed by atoms with Crippen LogP contribution in [0.1, 0.15) is 32.3 Å². The highest BCUT2D eigenvalue weighted by molar-refractivity contribution is 6.08. The van der Waals surface area contributed by atoms with Crippen LogP contribution in [0.15, 0.2) is 18.2 Å². The van der Waals surface area contributed by atoms with Gasteiger partial charge in [0.05, 0.1) is 14.2 Å². The average Bonchev–Trinajstić information content (AvgIpc) is 2.90. The van der Waals surface area contributed by atoms with Gasteiger partial charge in [0.1, 0.15) is 30.2 Å². The van der Waals surface area contributed by atoms with Crippen LogP contribution < -0.4 is 14.8 Å². The second kappa shape index (κ2) is 8.07. The first-order valence-corrected chi connectivity index (χ1v) is 8.41. The maximum Gasteiger partial charge on any atom is 0.326 e. The van der Waals surface area contributed by atoms with Crippen LogP contribution in [-0.4, -0.2) is 49.1 Å². The molecule has 8 heteroatoms. The predicted octanol–water partition coefficient (Wildman–Crippen LogP) is 1.86. The molecule has 0 saturated carbocycles. The third kappa shape index (κ3) is 3.74. The number of amides is 3. The minimum atomic E-state index is -0.937. The van der Waals surface area contributed by atoms with Crippen molar-refractivity contribution in [2.24, 2.45) is 0 Å². The summed E-state index contributed by atoms with van der Waals surface area (Å²) < 4.78 is 15.6. The van der Waals surface area contributed by atoms with Crippen molar-refractivity contribution in [3.8, 4) is 11.5 Å². The molecular formula is C18H24N2O6. The zero-order valence-corrected chi connectivity index (χ0v) is 15.5. The van der Waals surface area contributed by atoms with Crippen LogP contribution in [0, 0.1) is 0 Å². The van der Waals surface area contributed by atoms with E-state index < -0.39 is 30.0 Å². The van der Waals surface area contributed by atoms with Gasteiger partial charge in [0.2, 0.25) is 0 Å². The Kier molecular flexibility index (Phi) is 6.07. The molecule has 1 aromatic rings. The van der Waals surface area contributed by atoms with Gasteiger partial charge in [-0.15, -0.1) is 0 Å².